The van der Waals surface area contributed by atoms with E-state index < -0.39 is 0 Å². The average molecular weight is 697 g/mol. The maximum atomic E-state index is 5.71. The van der Waals surface area contributed by atoms with Crippen molar-refractivity contribution < 1.29 is 0 Å². The molecule has 0 fully saturated rings. The first-order valence-corrected chi connectivity index (χ1v) is 19.9. The molecule has 52 heavy (non-hydrogen) atoms. The van der Waals surface area contributed by atoms with Gasteiger partial charge >= 0.3 is 0 Å². The molecule has 3 rings (SSSR count). The van der Waals surface area contributed by atoms with Crippen LogP contribution in [0.2, 0.25) is 0 Å². The maximum absolute atomic E-state index is 5.71. The van der Waals surface area contributed by atoms with Crippen LogP contribution in [0.15, 0.2) is 149 Å². The first kappa shape index (κ1) is 43.6. The van der Waals surface area contributed by atoms with Gasteiger partial charge in [0.05, 0.1) is 0 Å². The summed E-state index contributed by atoms with van der Waals surface area (Å²) < 4.78 is 0. The summed E-state index contributed by atoms with van der Waals surface area (Å²) in [5.41, 5.74) is 25.9. The molecule has 278 valence electrons. The Morgan fingerprint density at radius 3 is 1.83 bits per heavy atom. The van der Waals surface area contributed by atoms with Crippen molar-refractivity contribution in [2.75, 3.05) is 5.73 Å². The summed E-state index contributed by atoms with van der Waals surface area (Å²) in [5, 5.41) is 0. The van der Waals surface area contributed by atoms with Crippen LogP contribution in [0.1, 0.15) is 115 Å². The second-order valence-electron chi connectivity index (χ2n) is 13.1. The number of anilines is 1. The van der Waals surface area contributed by atoms with Gasteiger partial charge in [-0.05, 0) is 138 Å². The van der Waals surface area contributed by atoms with Crippen LogP contribution in [0.4, 0.5) is 5.69 Å². The van der Waals surface area contributed by atoms with Gasteiger partial charge < -0.3 is 11.5 Å². The van der Waals surface area contributed by atoms with E-state index >= 15 is 0 Å². The van der Waals surface area contributed by atoms with Gasteiger partial charge in [0.15, 0.2) is 0 Å². The van der Waals surface area contributed by atoms with Gasteiger partial charge in [0.2, 0.25) is 0 Å². The van der Waals surface area contributed by atoms with Crippen LogP contribution >= 0.6 is 0 Å². The molecule has 0 aromatic heterocycles. The predicted octanol–water partition coefficient (Wildman–Crippen LogP) is 13.7. The van der Waals surface area contributed by atoms with Crippen LogP contribution < -0.4 is 11.5 Å². The molecule has 4 N–H and O–H groups in total. The van der Waals surface area contributed by atoms with E-state index in [9.17, 15) is 0 Å². The predicted molar refractivity (Wildman–Crippen MR) is 234 cm³/mol. The highest BCUT2D eigenvalue weighted by Crippen LogP contribution is 2.25. The van der Waals surface area contributed by atoms with E-state index in [-0.39, 0.29) is 5.92 Å². The molecule has 0 saturated heterocycles. The first-order chi connectivity index (χ1) is 25.3. The minimum Gasteiger partial charge on any atom is -0.405 e. The number of nitrogen functional groups attached to an aromatic ring is 1. The number of hydrogen-bond donors (Lipinski definition) is 2. The molecule has 0 radical (unpaired) electrons. The summed E-state index contributed by atoms with van der Waals surface area (Å²) in [7, 11) is 0. The molecule has 0 amide bonds. The Hall–Kier alpha value is -4.56. The normalized spacial score (nSPS) is 20.3. The average Bonchev–Trinajstić information content (AvgIpc) is 3.17. The monoisotopic (exact) mass is 697 g/mol. The van der Waals surface area contributed by atoms with Gasteiger partial charge in [-0.2, -0.15) is 0 Å². The smallest absolute Gasteiger partial charge is 0.0316 e. The highest BCUT2D eigenvalue weighted by Gasteiger charge is 2.08. The van der Waals surface area contributed by atoms with Crippen LogP contribution in [-0.2, 0) is 25.7 Å². The molecule has 2 heteroatoms. The van der Waals surface area contributed by atoms with Crippen LogP contribution in [-0.4, -0.2) is 0 Å². The number of nitrogens with two attached hydrogens (primary N) is 2. The van der Waals surface area contributed by atoms with Crippen molar-refractivity contribution >= 4 is 11.8 Å². The molecule has 2 aromatic rings. The van der Waals surface area contributed by atoms with E-state index in [0.717, 1.165) is 63.5 Å². The zero-order chi connectivity index (χ0) is 38.1. The highest BCUT2D eigenvalue weighted by atomic mass is 14.5. The van der Waals surface area contributed by atoms with Crippen molar-refractivity contribution in [1.29, 1.82) is 0 Å². The third-order valence-electron chi connectivity index (χ3n) is 9.79. The molecule has 1 atom stereocenters. The number of aryl methyl sites for hydroxylation is 4. The highest BCUT2D eigenvalue weighted by molar-refractivity contribution is 5.52. The second-order valence-corrected chi connectivity index (χ2v) is 13.1. The minimum absolute atomic E-state index is 0.257. The van der Waals surface area contributed by atoms with E-state index in [2.05, 4.69) is 165 Å². The molecule has 0 heterocycles. The Morgan fingerprint density at radius 1 is 0.635 bits per heavy atom. The van der Waals surface area contributed by atoms with Crippen molar-refractivity contribution in [2.45, 2.75) is 113 Å². The molecule has 0 bridgehead atoms. The van der Waals surface area contributed by atoms with E-state index in [0.29, 0.717) is 0 Å². The molecule has 2 nitrogen and oxygen atoms in total. The third kappa shape index (κ3) is 14.6. The van der Waals surface area contributed by atoms with E-state index in [1.54, 1.807) is 6.20 Å². The van der Waals surface area contributed by atoms with Crippen molar-refractivity contribution in [3.05, 3.63) is 177 Å². The SMILES string of the molecule is CCC1=C/C=C/C=C\C(=C/C=C\C(CC)=C(/C=C/N)CC)C(C/C=C\c2ccc(CC)c(CC)c2)/C=C/C=C\1CC.CCc1ccc(N)cc1CC. The van der Waals surface area contributed by atoms with Gasteiger partial charge in [-0.1, -0.05) is 159 Å². The lowest BCUT2D eigenvalue weighted by Crippen LogP contribution is -1.98. The number of rotatable bonds is 14. The van der Waals surface area contributed by atoms with Gasteiger partial charge in [-0.15, -0.1) is 0 Å². The summed E-state index contributed by atoms with van der Waals surface area (Å²) in [6.07, 6.45) is 42.2. The molecule has 1 unspecified atom stereocenters. The zero-order valence-electron chi connectivity index (χ0n) is 33.7. The zero-order valence-corrected chi connectivity index (χ0v) is 33.7. The van der Waals surface area contributed by atoms with Gasteiger partial charge in [0, 0.05) is 11.6 Å². The van der Waals surface area contributed by atoms with Crippen LogP contribution in [0, 0.1) is 5.92 Å². The van der Waals surface area contributed by atoms with Crippen LogP contribution in [0.3, 0.4) is 0 Å². The lowest BCUT2D eigenvalue weighted by atomic mass is 9.92. The van der Waals surface area contributed by atoms with E-state index in [1.165, 1.54) is 55.7 Å². The van der Waals surface area contributed by atoms with Gasteiger partial charge in [-0.3, -0.25) is 0 Å². The quantitative estimate of drug-likeness (QED) is 0.153. The minimum atomic E-state index is 0.257. The van der Waals surface area contributed by atoms with Crippen molar-refractivity contribution in [3.8, 4) is 0 Å². The van der Waals surface area contributed by atoms with Gasteiger partial charge in [0.25, 0.3) is 0 Å². The van der Waals surface area contributed by atoms with E-state index in [4.69, 9.17) is 11.5 Å². The van der Waals surface area contributed by atoms with Crippen molar-refractivity contribution in [1.82, 2.24) is 0 Å². The summed E-state index contributed by atoms with van der Waals surface area (Å²) in [4.78, 5) is 0. The van der Waals surface area contributed by atoms with Crippen molar-refractivity contribution in [3.63, 3.8) is 0 Å². The molecular formula is C50H68N2. The molecule has 0 spiro atoms. The fourth-order valence-electron chi connectivity index (χ4n) is 6.63. The summed E-state index contributed by atoms with van der Waals surface area (Å²) in [5.74, 6) is 0.257. The summed E-state index contributed by atoms with van der Waals surface area (Å²) in [6.45, 7) is 17.7. The van der Waals surface area contributed by atoms with Crippen LogP contribution in [0.25, 0.3) is 6.08 Å². The fourth-order valence-corrected chi connectivity index (χ4v) is 6.63. The molecule has 1 aliphatic rings. The van der Waals surface area contributed by atoms with Crippen molar-refractivity contribution in [2.24, 2.45) is 11.7 Å². The fraction of sp³-hybridized carbons (Fsp3) is 0.360. The number of benzene rings is 2. The maximum Gasteiger partial charge on any atom is 0.0316 e. The number of hydrogen-bond acceptors (Lipinski definition) is 2. The lowest BCUT2D eigenvalue weighted by Gasteiger charge is -2.13. The Bertz CT molecular complexity index is 1690. The number of allylic oxidation sites excluding steroid dienone is 18. The molecule has 2 aromatic carbocycles. The topological polar surface area (TPSA) is 52.0 Å². The van der Waals surface area contributed by atoms with E-state index in [1.807, 2.05) is 12.1 Å². The standard InChI is InChI=1S/C40H53N.C10H15N/c1-7-33-20-14-13-15-21-39(25-18-23-35(9-3)37(11-5)29-30-41)40(26-17-22-34(33)8-2)24-16-19-32-27-28-36(10-4)38(12-6)31-32;1-3-8-5-6-10(11)7-9(8)4-2/h13-23,25-31,40H,7-12,24,41H2,1-6H3;5-7H,3-4,11H2,1-2H3/b14-13+,19-16-,21-15-,23-18-,26-17+,30-29+,33-20-,34-22-,37-35-,39-25+;. The molecule has 0 saturated carbocycles. The second kappa shape index (κ2) is 25.4. The summed E-state index contributed by atoms with van der Waals surface area (Å²) in [6, 6.07) is 13.1. The summed E-state index contributed by atoms with van der Waals surface area (Å²) >= 11 is 0. The molecule has 0 aliphatic heterocycles. The Balaban J connectivity index is 0.000000722. The first-order valence-electron chi connectivity index (χ1n) is 19.9. The largest absolute Gasteiger partial charge is 0.405 e. The Morgan fingerprint density at radius 2 is 1.23 bits per heavy atom. The lowest BCUT2D eigenvalue weighted by molar-refractivity contribution is 0.797. The Labute approximate surface area is 318 Å². The third-order valence-corrected chi connectivity index (χ3v) is 9.79. The molecule has 1 aliphatic carbocycles. The van der Waals surface area contributed by atoms with Gasteiger partial charge in [-0.25, -0.2) is 0 Å². The van der Waals surface area contributed by atoms with Crippen LogP contribution in [0.5, 0.6) is 0 Å². The van der Waals surface area contributed by atoms with Gasteiger partial charge in [0.1, 0.15) is 0 Å². The molecular weight excluding hydrogens is 629 g/mol. The Kier molecular flexibility index (Phi) is 21.3.